The predicted octanol–water partition coefficient (Wildman–Crippen LogP) is 1.56. The Kier molecular flexibility index (Phi) is 3.37. The summed E-state index contributed by atoms with van der Waals surface area (Å²) in [6.07, 6.45) is 4.33. The molecule has 90 valence electrons. The van der Waals surface area contributed by atoms with Gasteiger partial charge in [-0.25, -0.2) is 4.98 Å². The van der Waals surface area contributed by atoms with E-state index < -0.39 is 0 Å². The molecule has 0 bridgehead atoms. The van der Waals surface area contributed by atoms with Gasteiger partial charge < -0.3 is 9.30 Å². The number of aromatic nitrogens is 4. The Balaban J connectivity index is 2.14. The van der Waals surface area contributed by atoms with Crippen molar-refractivity contribution < 1.29 is 4.74 Å². The van der Waals surface area contributed by atoms with Gasteiger partial charge in [-0.2, -0.15) is 0 Å². The molecule has 2 aromatic rings. The molecule has 0 N–H and O–H groups in total. The summed E-state index contributed by atoms with van der Waals surface area (Å²) in [7, 11) is 3.58. The average Bonchev–Trinajstić information content (AvgIpc) is 2.75. The van der Waals surface area contributed by atoms with Crippen molar-refractivity contribution in [3.63, 3.8) is 0 Å². The Morgan fingerprint density at radius 1 is 1.47 bits per heavy atom. The number of ether oxygens (including phenoxy) is 1. The molecule has 0 fully saturated rings. The second-order valence-corrected chi connectivity index (χ2v) is 4.09. The van der Waals surface area contributed by atoms with E-state index in [2.05, 4.69) is 22.1 Å². The average molecular weight is 232 g/mol. The number of nitrogens with zero attached hydrogens (tertiary/aromatic N) is 4. The van der Waals surface area contributed by atoms with Crippen LogP contribution in [0, 0.1) is 0 Å². The molecular weight excluding hydrogens is 216 g/mol. The minimum atomic E-state index is 0.356. The highest BCUT2D eigenvalue weighted by Gasteiger charge is 2.11. The monoisotopic (exact) mass is 232 g/mol. The molecule has 1 atom stereocenters. The van der Waals surface area contributed by atoms with E-state index in [9.17, 15) is 0 Å². The van der Waals surface area contributed by atoms with E-state index in [1.54, 1.807) is 19.6 Å². The fourth-order valence-electron chi connectivity index (χ4n) is 1.73. The van der Waals surface area contributed by atoms with Crippen LogP contribution in [0.2, 0.25) is 0 Å². The highest BCUT2D eigenvalue weighted by Crippen LogP contribution is 2.21. The molecular formula is C12H16N4O. The lowest BCUT2D eigenvalue weighted by atomic mass is 9.98. The topological polar surface area (TPSA) is 52.8 Å². The van der Waals surface area contributed by atoms with Crippen LogP contribution in [-0.2, 0) is 13.5 Å². The normalized spacial score (nSPS) is 12.4. The lowest BCUT2D eigenvalue weighted by Gasteiger charge is -2.11. The molecule has 0 aliphatic heterocycles. The zero-order valence-electron chi connectivity index (χ0n) is 10.3. The van der Waals surface area contributed by atoms with Crippen LogP contribution in [0.1, 0.15) is 24.2 Å². The molecule has 0 aliphatic carbocycles. The van der Waals surface area contributed by atoms with Gasteiger partial charge in [-0.15, -0.1) is 10.2 Å². The third kappa shape index (κ3) is 2.61. The van der Waals surface area contributed by atoms with Crippen molar-refractivity contribution in [1.29, 1.82) is 0 Å². The predicted molar refractivity (Wildman–Crippen MR) is 63.9 cm³/mol. The van der Waals surface area contributed by atoms with Gasteiger partial charge in [0, 0.05) is 25.7 Å². The molecule has 0 radical (unpaired) electrons. The van der Waals surface area contributed by atoms with Gasteiger partial charge >= 0.3 is 0 Å². The summed E-state index contributed by atoms with van der Waals surface area (Å²) in [5.74, 6) is 1.98. The molecule has 0 aromatic carbocycles. The minimum Gasteiger partial charge on any atom is -0.481 e. The number of rotatable bonds is 4. The van der Waals surface area contributed by atoms with E-state index in [1.165, 1.54) is 5.56 Å². The summed E-state index contributed by atoms with van der Waals surface area (Å²) in [6.45, 7) is 2.16. The molecule has 0 aliphatic rings. The van der Waals surface area contributed by atoms with Gasteiger partial charge in [-0.05, 0) is 17.5 Å². The summed E-state index contributed by atoms with van der Waals surface area (Å²) in [5, 5.41) is 7.97. The number of hydrogen-bond donors (Lipinski definition) is 0. The summed E-state index contributed by atoms with van der Waals surface area (Å²) in [5.41, 5.74) is 1.19. The third-order valence-electron chi connectivity index (χ3n) is 2.83. The molecule has 5 heteroatoms. The largest absolute Gasteiger partial charge is 0.481 e. The number of methoxy groups -OCH3 is 1. The highest BCUT2D eigenvalue weighted by molar-refractivity contribution is 5.24. The van der Waals surface area contributed by atoms with E-state index >= 15 is 0 Å². The van der Waals surface area contributed by atoms with E-state index in [4.69, 9.17) is 4.74 Å². The van der Waals surface area contributed by atoms with E-state index in [-0.39, 0.29) is 0 Å². The van der Waals surface area contributed by atoms with Crippen molar-refractivity contribution in [3.8, 4) is 5.88 Å². The van der Waals surface area contributed by atoms with Crippen LogP contribution >= 0.6 is 0 Å². The molecule has 1 unspecified atom stereocenters. The van der Waals surface area contributed by atoms with Crippen LogP contribution < -0.4 is 4.74 Å². The van der Waals surface area contributed by atoms with Gasteiger partial charge in [0.25, 0.3) is 0 Å². The second-order valence-electron chi connectivity index (χ2n) is 4.09. The molecule has 2 heterocycles. The van der Waals surface area contributed by atoms with Crippen LogP contribution in [0.15, 0.2) is 24.7 Å². The van der Waals surface area contributed by atoms with E-state index in [0.29, 0.717) is 11.8 Å². The number of pyridine rings is 1. The zero-order chi connectivity index (χ0) is 12.3. The minimum absolute atomic E-state index is 0.356. The van der Waals surface area contributed by atoms with Crippen molar-refractivity contribution in [3.05, 3.63) is 36.0 Å². The molecule has 2 rings (SSSR count). The lowest BCUT2D eigenvalue weighted by Crippen LogP contribution is -2.05. The van der Waals surface area contributed by atoms with Crippen molar-refractivity contribution in [2.24, 2.45) is 7.05 Å². The first-order valence-electron chi connectivity index (χ1n) is 5.53. The Bertz CT molecular complexity index is 495. The standard InChI is InChI=1S/C12H16N4O/c1-9(6-11-15-14-8-16(11)2)10-4-5-13-12(7-10)17-3/h4-5,7-9H,6H2,1-3H3. The first-order chi connectivity index (χ1) is 8.20. The first kappa shape index (κ1) is 11.6. The van der Waals surface area contributed by atoms with E-state index in [1.807, 2.05) is 23.7 Å². The van der Waals surface area contributed by atoms with Gasteiger partial charge in [0.1, 0.15) is 12.2 Å². The van der Waals surface area contributed by atoms with Crippen LogP contribution in [0.3, 0.4) is 0 Å². The molecule has 0 saturated heterocycles. The molecule has 0 saturated carbocycles. The summed E-state index contributed by atoms with van der Waals surface area (Å²) >= 11 is 0. The lowest BCUT2D eigenvalue weighted by molar-refractivity contribution is 0.397. The third-order valence-corrected chi connectivity index (χ3v) is 2.83. The van der Waals surface area contributed by atoms with Crippen LogP contribution in [0.4, 0.5) is 0 Å². The van der Waals surface area contributed by atoms with Gasteiger partial charge in [-0.1, -0.05) is 6.92 Å². The zero-order valence-corrected chi connectivity index (χ0v) is 10.3. The van der Waals surface area contributed by atoms with Crippen LogP contribution in [0.25, 0.3) is 0 Å². The van der Waals surface area contributed by atoms with Gasteiger partial charge in [-0.3, -0.25) is 0 Å². The van der Waals surface area contributed by atoms with Gasteiger partial charge in [0.05, 0.1) is 7.11 Å². The maximum absolute atomic E-state index is 5.12. The Morgan fingerprint density at radius 3 is 2.94 bits per heavy atom. The summed E-state index contributed by atoms with van der Waals surface area (Å²) < 4.78 is 7.06. The summed E-state index contributed by atoms with van der Waals surface area (Å²) in [6, 6.07) is 3.96. The van der Waals surface area contributed by atoms with Crippen LogP contribution in [0.5, 0.6) is 5.88 Å². The maximum atomic E-state index is 5.12. The quantitative estimate of drug-likeness (QED) is 0.802. The Hall–Kier alpha value is -1.91. The fraction of sp³-hybridized carbons (Fsp3) is 0.417. The molecule has 5 nitrogen and oxygen atoms in total. The first-order valence-corrected chi connectivity index (χ1v) is 5.53. The van der Waals surface area contributed by atoms with Gasteiger partial charge in [0.2, 0.25) is 5.88 Å². The van der Waals surface area contributed by atoms with Crippen molar-refractivity contribution >= 4 is 0 Å². The van der Waals surface area contributed by atoms with Crippen molar-refractivity contribution in [2.45, 2.75) is 19.3 Å². The maximum Gasteiger partial charge on any atom is 0.213 e. The SMILES string of the molecule is COc1cc(C(C)Cc2nncn2C)ccn1. The Morgan fingerprint density at radius 2 is 2.29 bits per heavy atom. The van der Waals surface area contributed by atoms with E-state index in [0.717, 1.165) is 12.2 Å². The second kappa shape index (κ2) is 4.95. The van der Waals surface area contributed by atoms with Crippen LogP contribution in [-0.4, -0.2) is 26.9 Å². The van der Waals surface area contributed by atoms with Crippen molar-refractivity contribution in [2.75, 3.05) is 7.11 Å². The molecule has 2 aromatic heterocycles. The Labute approximate surface area is 100 Å². The number of aryl methyl sites for hydroxylation is 1. The fourth-order valence-corrected chi connectivity index (χ4v) is 1.73. The number of hydrogen-bond acceptors (Lipinski definition) is 4. The van der Waals surface area contributed by atoms with Crippen molar-refractivity contribution in [1.82, 2.24) is 19.7 Å². The molecule has 0 amide bonds. The molecule has 17 heavy (non-hydrogen) atoms. The van der Waals surface area contributed by atoms with Gasteiger partial charge in [0.15, 0.2) is 0 Å². The highest BCUT2D eigenvalue weighted by atomic mass is 16.5. The summed E-state index contributed by atoms with van der Waals surface area (Å²) in [4.78, 5) is 4.10. The molecule has 0 spiro atoms. The smallest absolute Gasteiger partial charge is 0.213 e.